The zero-order chi connectivity index (χ0) is 17.9. The summed E-state index contributed by atoms with van der Waals surface area (Å²) in [6.07, 6.45) is 6.99. The van der Waals surface area contributed by atoms with Crippen molar-refractivity contribution < 1.29 is 4.79 Å². The predicted octanol–water partition coefficient (Wildman–Crippen LogP) is 0.620. The largest absolute Gasteiger partial charge is 0.352 e. The molecule has 3 heterocycles. The molecule has 2 N–H and O–H groups in total. The van der Waals surface area contributed by atoms with Crippen molar-refractivity contribution >= 4 is 5.91 Å². The number of amides is 1. The number of nitrogens with one attached hydrogen (secondary N) is 2. The van der Waals surface area contributed by atoms with Crippen molar-refractivity contribution in [3.8, 4) is 5.69 Å². The van der Waals surface area contributed by atoms with Gasteiger partial charge in [-0.25, -0.2) is 9.67 Å². The quantitative estimate of drug-likeness (QED) is 0.703. The van der Waals surface area contributed by atoms with Gasteiger partial charge in [-0.05, 0) is 23.3 Å². The van der Waals surface area contributed by atoms with E-state index in [0.717, 1.165) is 23.4 Å². The standard InChI is InChI=1S/C18H21N7O/c1-24-10-14(7-22-24)16-8-19-9-17(16)18(26)21-6-13-3-2-4-15(5-13)25-12-20-11-23-25/h2-5,7,10-12,16-17,19H,6,8-9H2,1H3,(H,21,26)/t16-,17+/m1/s1. The fraction of sp³-hybridized carbons (Fsp3) is 0.333. The molecule has 1 aliphatic heterocycles. The van der Waals surface area contributed by atoms with Crippen LogP contribution in [0.4, 0.5) is 0 Å². The van der Waals surface area contributed by atoms with Crippen molar-refractivity contribution in [2.24, 2.45) is 13.0 Å². The number of aryl methyl sites for hydroxylation is 1. The van der Waals surface area contributed by atoms with Crippen molar-refractivity contribution in [3.05, 3.63) is 60.4 Å². The molecule has 4 rings (SSSR count). The molecule has 0 spiro atoms. The number of aromatic nitrogens is 5. The van der Waals surface area contributed by atoms with Crippen LogP contribution in [0.2, 0.25) is 0 Å². The molecule has 1 saturated heterocycles. The molecule has 0 unspecified atom stereocenters. The van der Waals surface area contributed by atoms with Gasteiger partial charge in [-0.2, -0.15) is 10.2 Å². The number of carbonyl (C=O) groups excluding carboxylic acids is 1. The highest BCUT2D eigenvalue weighted by Crippen LogP contribution is 2.28. The number of benzene rings is 1. The van der Waals surface area contributed by atoms with E-state index in [9.17, 15) is 4.79 Å². The molecule has 2 aromatic heterocycles. The van der Waals surface area contributed by atoms with Gasteiger partial charge in [-0.15, -0.1) is 0 Å². The van der Waals surface area contributed by atoms with Crippen LogP contribution in [-0.4, -0.2) is 43.5 Å². The summed E-state index contributed by atoms with van der Waals surface area (Å²) >= 11 is 0. The summed E-state index contributed by atoms with van der Waals surface area (Å²) < 4.78 is 3.48. The van der Waals surface area contributed by atoms with Crippen molar-refractivity contribution in [2.75, 3.05) is 13.1 Å². The molecule has 134 valence electrons. The Labute approximate surface area is 151 Å². The second-order valence-electron chi connectivity index (χ2n) is 6.55. The van der Waals surface area contributed by atoms with Gasteiger partial charge in [0, 0.05) is 38.8 Å². The van der Waals surface area contributed by atoms with E-state index in [2.05, 4.69) is 25.8 Å². The first-order valence-electron chi connectivity index (χ1n) is 8.61. The predicted molar refractivity (Wildman–Crippen MR) is 95.5 cm³/mol. The van der Waals surface area contributed by atoms with E-state index < -0.39 is 0 Å². The maximum atomic E-state index is 12.7. The lowest BCUT2D eigenvalue weighted by Gasteiger charge is -2.17. The van der Waals surface area contributed by atoms with Gasteiger partial charge in [-0.1, -0.05) is 12.1 Å². The monoisotopic (exact) mass is 351 g/mol. The number of hydrogen-bond donors (Lipinski definition) is 2. The van der Waals surface area contributed by atoms with Gasteiger partial charge in [-0.3, -0.25) is 9.48 Å². The van der Waals surface area contributed by atoms with Crippen molar-refractivity contribution in [1.82, 2.24) is 35.2 Å². The van der Waals surface area contributed by atoms with Crippen LogP contribution < -0.4 is 10.6 Å². The van der Waals surface area contributed by atoms with Crippen molar-refractivity contribution in [1.29, 1.82) is 0 Å². The lowest BCUT2D eigenvalue weighted by atomic mass is 9.90. The summed E-state index contributed by atoms with van der Waals surface area (Å²) in [6, 6.07) is 7.90. The van der Waals surface area contributed by atoms with E-state index in [1.165, 1.54) is 6.33 Å². The zero-order valence-corrected chi connectivity index (χ0v) is 14.5. The highest BCUT2D eigenvalue weighted by Gasteiger charge is 2.34. The van der Waals surface area contributed by atoms with Gasteiger partial charge in [0.2, 0.25) is 5.91 Å². The topological polar surface area (TPSA) is 89.7 Å². The summed E-state index contributed by atoms with van der Waals surface area (Å²) in [5.74, 6) is 0.137. The Bertz CT molecular complexity index is 887. The second kappa shape index (κ2) is 7.09. The molecule has 0 aliphatic carbocycles. The molecule has 2 atom stereocenters. The van der Waals surface area contributed by atoms with Gasteiger partial charge in [0.1, 0.15) is 12.7 Å². The lowest BCUT2D eigenvalue weighted by Crippen LogP contribution is -2.34. The minimum atomic E-state index is -0.0855. The fourth-order valence-electron chi connectivity index (χ4n) is 3.41. The maximum Gasteiger partial charge on any atom is 0.225 e. The minimum Gasteiger partial charge on any atom is -0.352 e. The minimum absolute atomic E-state index is 0.0648. The van der Waals surface area contributed by atoms with Crippen LogP contribution in [0.5, 0.6) is 0 Å². The molecule has 0 saturated carbocycles. The molecule has 1 fully saturated rings. The van der Waals surface area contributed by atoms with Gasteiger partial charge in [0.15, 0.2) is 0 Å². The van der Waals surface area contributed by atoms with E-state index >= 15 is 0 Å². The van der Waals surface area contributed by atoms with Crippen LogP contribution in [0, 0.1) is 5.92 Å². The summed E-state index contributed by atoms with van der Waals surface area (Å²) in [5, 5.41) is 14.7. The first kappa shape index (κ1) is 16.5. The van der Waals surface area contributed by atoms with Gasteiger partial charge in [0.25, 0.3) is 0 Å². The molecular formula is C18H21N7O. The average molecular weight is 351 g/mol. The van der Waals surface area contributed by atoms with E-state index in [-0.39, 0.29) is 17.7 Å². The third-order valence-corrected chi connectivity index (χ3v) is 4.76. The van der Waals surface area contributed by atoms with Gasteiger partial charge >= 0.3 is 0 Å². The molecule has 1 amide bonds. The molecule has 8 nitrogen and oxygen atoms in total. The van der Waals surface area contributed by atoms with Gasteiger partial charge in [0.05, 0.1) is 17.8 Å². The fourth-order valence-corrected chi connectivity index (χ4v) is 3.41. The van der Waals surface area contributed by atoms with Crippen LogP contribution in [-0.2, 0) is 18.4 Å². The zero-order valence-electron chi connectivity index (χ0n) is 14.5. The molecule has 0 radical (unpaired) electrons. The lowest BCUT2D eigenvalue weighted by molar-refractivity contribution is -0.125. The van der Waals surface area contributed by atoms with Crippen LogP contribution >= 0.6 is 0 Å². The molecule has 8 heteroatoms. The Morgan fingerprint density at radius 3 is 3.04 bits per heavy atom. The Balaban J connectivity index is 1.41. The van der Waals surface area contributed by atoms with E-state index in [1.807, 2.05) is 43.7 Å². The summed E-state index contributed by atoms with van der Waals surface area (Å²) in [6.45, 7) is 1.97. The van der Waals surface area contributed by atoms with Crippen LogP contribution in [0.3, 0.4) is 0 Å². The molecule has 3 aromatic rings. The van der Waals surface area contributed by atoms with Crippen LogP contribution in [0.1, 0.15) is 17.0 Å². The Hall–Kier alpha value is -3.00. The summed E-state index contributed by atoms with van der Waals surface area (Å²) in [7, 11) is 1.89. The smallest absolute Gasteiger partial charge is 0.225 e. The highest BCUT2D eigenvalue weighted by atomic mass is 16.1. The second-order valence-corrected chi connectivity index (χ2v) is 6.55. The summed E-state index contributed by atoms with van der Waals surface area (Å²) in [5.41, 5.74) is 3.05. The number of rotatable bonds is 5. The maximum absolute atomic E-state index is 12.7. The van der Waals surface area contributed by atoms with Crippen LogP contribution in [0.25, 0.3) is 5.69 Å². The highest BCUT2D eigenvalue weighted by molar-refractivity contribution is 5.80. The first-order chi connectivity index (χ1) is 12.7. The number of nitrogens with zero attached hydrogens (tertiary/aromatic N) is 5. The Kier molecular flexibility index (Phi) is 4.49. The van der Waals surface area contributed by atoms with E-state index in [1.54, 1.807) is 15.7 Å². The normalized spacial score (nSPS) is 19.6. The molecule has 0 bridgehead atoms. The average Bonchev–Trinajstić information content (AvgIpc) is 3.40. The number of carbonyl (C=O) groups is 1. The third-order valence-electron chi connectivity index (χ3n) is 4.76. The number of hydrogen-bond acceptors (Lipinski definition) is 5. The first-order valence-corrected chi connectivity index (χ1v) is 8.61. The van der Waals surface area contributed by atoms with E-state index in [4.69, 9.17) is 0 Å². The SMILES string of the molecule is Cn1cc([C@H]2CNC[C@@H]2C(=O)NCc2cccc(-n3cncn3)c2)cn1. The Morgan fingerprint density at radius 1 is 1.35 bits per heavy atom. The molecule has 1 aromatic carbocycles. The third kappa shape index (κ3) is 3.36. The van der Waals surface area contributed by atoms with E-state index in [0.29, 0.717) is 13.1 Å². The van der Waals surface area contributed by atoms with Crippen LogP contribution in [0.15, 0.2) is 49.3 Å². The van der Waals surface area contributed by atoms with Gasteiger partial charge < -0.3 is 10.6 Å². The Morgan fingerprint density at radius 2 is 2.27 bits per heavy atom. The molecule has 1 aliphatic rings. The van der Waals surface area contributed by atoms with Crippen molar-refractivity contribution in [3.63, 3.8) is 0 Å². The molecular weight excluding hydrogens is 330 g/mol. The summed E-state index contributed by atoms with van der Waals surface area (Å²) in [4.78, 5) is 16.7. The molecule has 26 heavy (non-hydrogen) atoms. The van der Waals surface area contributed by atoms with Crippen molar-refractivity contribution in [2.45, 2.75) is 12.5 Å².